The number of piperidine rings is 1. The molecule has 0 spiro atoms. The summed E-state index contributed by atoms with van der Waals surface area (Å²) in [5, 5.41) is 17.1. The molecule has 8 nitrogen and oxygen atoms in total. The average Bonchev–Trinajstić information content (AvgIpc) is 2.75. The first-order valence-electron chi connectivity index (χ1n) is 9.59. The largest absolute Gasteiger partial charge is 0.493 e. The van der Waals surface area contributed by atoms with Gasteiger partial charge < -0.3 is 5.11 Å². The SMILES string of the molecule is O=c1[nH]c(=O)n(-c2ccc(I)cc2)c(O)c1C=NN1CCCC[C@H]1c1cccnc1. The van der Waals surface area contributed by atoms with Crippen molar-refractivity contribution in [2.45, 2.75) is 25.3 Å². The summed E-state index contributed by atoms with van der Waals surface area (Å²) in [6.45, 7) is 0.728. The summed E-state index contributed by atoms with van der Waals surface area (Å²) in [7, 11) is 0. The first-order valence-corrected chi connectivity index (χ1v) is 10.7. The van der Waals surface area contributed by atoms with Crippen LogP contribution in [-0.4, -0.2) is 37.4 Å². The van der Waals surface area contributed by atoms with E-state index in [1.807, 2.05) is 35.5 Å². The average molecular weight is 517 g/mol. The Morgan fingerprint density at radius 2 is 2.00 bits per heavy atom. The van der Waals surface area contributed by atoms with Crippen LogP contribution in [0.5, 0.6) is 5.88 Å². The molecular formula is C21H20IN5O3. The molecule has 0 bridgehead atoms. The lowest BCUT2D eigenvalue weighted by Gasteiger charge is -2.33. The lowest BCUT2D eigenvalue weighted by atomic mass is 9.98. The Balaban J connectivity index is 1.71. The fourth-order valence-electron chi connectivity index (χ4n) is 3.58. The minimum atomic E-state index is -0.706. The van der Waals surface area contributed by atoms with Gasteiger partial charge in [0.15, 0.2) is 0 Å². The summed E-state index contributed by atoms with van der Waals surface area (Å²) in [6.07, 6.45) is 7.86. The van der Waals surface area contributed by atoms with Crippen LogP contribution in [-0.2, 0) is 0 Å². The highest BCUT2D eigenvalue weighted by Crippen LogP contribution is 2.30. The van der Waals surface area contributed by atoms with Crippen LogP contribution in [0.15, 0.2) is 63.5 Å². The summed E-state index contributed by atoms with van der Waals surface area (Å²) in [5.41, 5.74) is 0.0510. The van der Waals surface area contributed by atoms with Crippen molar-refractivity contribution in [1.29, 1.82) is 0 Å². The summed E-state index contributed by atoms with van der Waals surface area (Å²) in [4.78, 5) is 31.1. The molecule has 30 heavy (non-hydrogen) atoms. The summed E-state index contributed by atoms with van der Waals surface area (Å²) in [5.74, 6) is -0.441. The maximum Gasteiger partial charge on any atom is 0.335 e. The summed E-state index contributed by atoms with van der Waals surface area (Å²) < 4.78 is 2.05. The van der Waals surface area contributed by atoms with Gasteiger partial charge in [-0.1, -0.05) is 6.07 Å². The smallest absolute Gasteiger partial charge is 0.335 e. The van der Waals surface area contributed by atoms with Crippen molar-refractivity contribution in [3.8, 4) is 11.6 Å². The van der Waals surface area contributed by atoms with Crippen molar-refractivity contribution in [2.24, 2.45) is 5.10 Å². The van der Waals surface area contributed by atoms with E-state index >= 15 is 0 Å². The number of halogens is 1. The number of nitrogens with one attached hydrogen (secondary N) is 1. The molecule has 1 aliphatic rings. The lowest BCUT2D eigenvalue weighted by Crippen LogP contribution is -2.32. The summed E-state index contributed by atoms with van der Waals surface area (Å²) in [6, 6.07) is 11.0. The molecule has 1 aliphatic heterocycles. The standard InChI is InChI=1S/C21H20IN5O3/c22-15-6-8-16(9-7-15)27-20(29)17(19(28)25-21(27)30)13-24-26-11-2-1-5-18(26)14-4-3-10-23-12-14/h3-4,6-10,12-13,18,29H,1-2,5,11H2,(H,25,28,30)/t18-/m0/s1. The van der Waals surface area contributed by atoms with Crippen molar-refractivity contribution in [2.75, 3.05) is 6.54 Å². The Bertz CT molecular complexity index is 1170. The second-order valence-electron chi connectivity index (χ2n) is 7.01. The Kier molecular flexibility index (Phi) is 5.98. The molecule has 1 saturated heterocycles. The van der Waals surface area contributed by atoms with E-state index in [1.54, 1.807) is 18.3 Å². The second-order valence-corrected chi connectivity index (χ2v) is 8.26. The van der Waals surface area contributed by atoms with E-state index in [4.69, 9.17) is 0 Å². The summed E-state index contributed by atoms with van der Waals surface area (Å²) >= 11 is 2.15. The monoisotopic (exact) mass is 517 g/mol. The number of benzene rings is 1. The van der Waals surface area contributed by atoms with E-state index in [9.17, 15) is 14.7 Å². The van der Waals surface area contributed by atoms with Gasteiger partial charge >= 0.3 is 5.69 Å². The molecule has 1 fully saturated rings. The zero-order chi connectivity index (χ0) is 21.1. The quantitative estimate of drug-likeness (QED) is 0.410. The van der Waals surface area contributed by atoms with Crippen LogP contribution in [0.4, 0.5) is 0 Å². The van der Waals surface area contributed by atoms with Crippen LogP contribution >= 0.6 is 22.6 Å². The van der Waals surface area contributed by atoms with Gasteiger partial charge in [0.2, 0.25) is 5.88 Å². The van der Waals surface area contributed by atoms with E-state index in [-0.39, 0.29) is 11.6 Å². The number of rotatable bonds is 4. The Hall–Kier alpha value is -2.95. The third-order valence-corrected chi connectivity index (χ3v) is 5.80. The van der Waals surface area contributed by atoms with Gasteiger partial charge in [-0.05, 0) is 77.7 Å². The molecule has 1 atom stereocenters. The molecule has 0 saturated carbocycles. The van der Waals surface area contributed by atoms with E-state index in [0.29, 0.717) is 5.69 Å². The predicted molar refractivity (Wildman–Crippen MR) is 122 cm³/mol. The number of aromatic amines is 1. The number of hydrogen-bond donors (Lipinski definition) is 2. The fourth-order valence-corrected chi connectivity index (χ4v) is 3.94. The Morgan fingerprint density at radius 1 is 1.20 bits per heavy atom. The molecule has 2 N–H and O–H groups in total. The minimum absolute atomic E-state index is 0.0482. The highest BCUT2D eigenvalue weighted by atomic mass is 127. The lowest BCUT2D eigenvalue weighted by molar-refractivity contribution is 0.156. The van der Waals surface area contributed by atoms with Crippen LogP contribution in [0, 0.1) is 3.57 Å². The zero-order valence-electron chi connectivity index (χ0n) is 16.0. The van der Waals surface area contributed by atoms with Gasteiger partial charge in [0.05, 0.1) is 17.9 Å². The number of nitrogens with zero attached hydrogens (tertiary/aromatic N) is 4. The predicted octanol–water partition coefficient (Wildman–Crippen LogP) is 2.79. The molecule has 0 radical (unpaired) electrons. The Labute approximate surface area is 186 Å². The highest BCUT2D eigenvalue weighted by Gasteiger charge is 2.23. The van der Waals surface area contributed by atoms with E-state index < -0.39 is 17.1 Å². The maximum absolute atomic E-state index is 12.4. The topological polar surface area (TPSA) is 104 Å². The number of aromatic nitrogens is 3. The van der Waals surface area contributed by atoms with Gasteiger partial charge in [-0.2, -0.15) is 5.10 Å². The molecule has 154 valence electrons. The molecule has 3 heterocycles. The minimum Gasteiger partial charge on any atom is -0.493 e. The molecule has 4 rings (SSSR count). The molecule has 0 amide bonds. The first-order chi connectivity index (χ1) is 14.5. The first kappa shape index (κ1) is 20.3. The molecular weight excluding hydrogens is 497 g/mol. The van der Waals surface area contributed by atoms with Gasteiger partial charge in [0, 0.05) is 22.5 Å². The number of pyridine rings is 1. The van der Waals surface area contributed by atoms with Crippen LogP contribution in [0.25, 0.3) is 5.69 Å². The van der Waals surface area contributed by atoms with Crippen LogP contribution < -0.4 is 11.2 Å². The number of hydrogen-bond acceptors (Lipinski definition) is 6. The van der Waals surface area contributed by atoms with Crippen molar-refractivity contribution < 1.29 is 5.11 Å². The third-order valence-electron chi connectivity index (χ3n) is 5.08. The van der Waals surface area contributed by atoms with Crippen molar-refractivity contribution >= 4 is 28.8 Å². The number of hydrazone groups is 1. The van der Waals surface area contributed by atoms with Crippen molar-refractivity contribution in [1.82, 2.24) is 19.5 Å². The van der Waals surface area contributed by atoms with Crippen molar-refractivity contribution in [3.63, 3.8) is 0 Å². The fraction of sp³-hybridized carbons (Fsp3) is 0.238. The Morgan fingerprint density at radius 3 is 2.73 bits per heavy atom. The zero-order valence-corrected chi connectivity index (χ0v) is 18.2. The molecule has 1 aromatic carbocycles. The van der Waals surface area contributed by atoms with Gasteiger partial charge in [-0.15, -0.1) is 0 Å². The second kappa shape index (κ2) is 8.82. The maximum atomic E-state index is 12.4. The van der Waals surface area contributed by atoms with Crippen LogP contribution in [0.1, 0.15) is 36.4 Å². The molecule has 3 aromatic rings. The number of aromatic hydroxyl groups is 1. The van der Waals surface area contributed by atoms with E-state index in [2.05, 4.69) is 37.7 Å². The third kappa shape index (κ3) is 4.16. The van der Waals surface area contributed by atoms with E-state index in [1.165, 1.54) is 6.21 Å². The van der Waals surface area contributed by atoms with Gasteiger partial charge in [-0.3, -0.25) is 19.8 Å². The molecule has 2 aromatic heterocycles. The van der Waals surface area contributed by atoms with Gasteiger partial charge in [-0.25, -0.2) is 9.36 Å². The molecule has 0 unspecified atom stereocenters. The molecule has 9 heteroatoms. The molecule has 0 aliphatic carbocycles. The van der Waals surface area contributed by atoms with Gasteiger partial charge in [0.25, 0.3) is 5.56 Å². The van der Waals surface area contributed by atoms with Gasteiger partial charge in [0.1, 0.15) is 5.56 Å². The highest BCUT2D eigenvalue weighted by molar-refractivity contribution is 14.1. The number of H-pyrrole nitrogens is 1. The normalized spacial score (nSPS) is 16.8. The van der Waals surface area contributed by atoms with Crippen LogP contribution in [0.3, 0.4) is 0 Å². The van der Waals surface area contributed by atoms with Crippen molar-refractivity contribution in [3.05, 3.63) is 84.3 Å². The van der Waals surface area contributed by atoms with E-state index in [0.717, 1.165) is 39.5 Å². The van der Waals surface area contributed by atoms with Crippen LogP contribution in [0.2, 0.25) is 0 Å².